The van der Waals surface area contributed by atoms with E-state index in [1.807, 2.05) is 42.1 Å². The fraction of sp³-hybridized carbons (Fsp3) is 0.478. The van der Waals surface area contributed by atoms with Crippen LogP contribution in [0.4, 0.5) is 11.4 Å². The molecule has 0 saturated heterocycles. The second-order valence-electron chi connectivity index (χ2n) is 8.52. The maximum absolute atomic E-state index is 13.0. The minimum atomic E-state index is -0.130. The van der Waals surface area contributed by atoms with Crippen LogP contribution in [0.25, 0.3) is 0 Å². The Hall–Kier alpha value is -2.80. The maximum Gasteiger partial charge on any atom is 0.290 e. The lowest BCUT2D eigenvalue weighted by Gasteiger charge is -2.27. The molecule has 162 valence electrons. The normalized spacial score (nSPS) is 13.8. The van der Waals surface area contributed by atoms with Crippen molar-refractivity contribution in [3.05, 3.63) is 47.9 Å². The highest BCUT2D eigenvalue weighted by atomic mass is 16.3. The van der Waals surface area contributed by atoms with Gasteiger partial charge in [-0.25, -0.2) is 0 Å². The molecule has 30 heavy (non-hydrogen) atoms. The lowest BCUT2D eigenvalue weighted by Crippen LogP contribution is -3.06. The van der Waals surface area contributed by atoms with Gasteiger partial charge in [-0.05, 0) is 48.7 Å². The number of anilines is 2. The number of nitrogens with zero attached hydrogens (tertiary/aromatic N) is 2. The number of quaternary nitrogens is 1. The highest BCUT2D eigenvalue weighted by Gasteiger charge is 2.26. The summed E-state index contributed by atoms with van der Waals surface area (Å²) in [5.41, 5.74) is 2.78. The molecule has 1 aromatic carbocycles. The third kappa shape index (κ3) is 5.42. The summed E-state index contributed by atoms with van der Waals surface area (Å²) >= 11 is 0. The number of rotatable bonds is 9. The lowest BCUT2D eigenvalue weighted by molar-refractivity contribution is -0.857. The number of hydrogen-bond donors (Lipinski definition) is 2. The molecule has 1 saturated carbocycles. The van der Waals surface area contributed by atoms with Crippen molar-refractivity contribution in [1.82, 2.24) is 4.90 Å². The number of nitrogens with one attached hydrogen (secondary N) is 2. The molecule has 7 nitrogen and oxygen atoms in total. The summed E-state index contributed by atoms with van der Waals surface area (Å²) in [5, 5.41) is 3.05. The monoisotopic (exact) mass is 413 g/mol. The minimum Gasteiger partial charge on any atom is -0.459 e. The Morgan fingerprint density at radius 3 is 2.53 bits per heavy atom. The number of hydrogen-bond acceptors (Lipinski definition) is 4. The Morgan fingerprint density at radius 2 is 1.97 bits per heavy atom. The molecule has 0 atom stereocenters. The summed E-state index contributed by atoms with van der Waals surface area (Å²) in [6.07, 6.45) is 4.57. The van der Waals surface area contributed by atoms with Gasteiger partial charge >= 0.3 is 0 Å². The second kappa shape index (κ2) is 9.80. The second-order valence-corrected chi connectivity index (χ2v) is 8.52. The largest absolute Gasteiger partial charge is 0.459 e. The molecule has 0 radical (unpaired) electrons. The quantitative estimate of drug-likeness (QED) is 0.659. The van der Waals surface area contributed by atoms with E-state index in [4.69, 9.17) is 4.42 Å². The molecule has 1 aromatic heterocycles. The molecule has 1 aliphatic rings. The average molecular weight is 414 g/mol. The highest BCUT2D eigenvalue weighted by Crippen LogP contribution is 2.29. The minimum absolute atomic E-state index is 0.0875. The van der Waals surface area contributed by atoms with E-state index < -0.39 is 0 Å². The average Bonchev–Trinajstić information content (AvgIpc) is 3.17. The standard InChI is InChI=1S/C23H32N4O3/c1-25(2)12-13-27(23(29)21-9-6-14-30-21)16-18-15-19(10-11-20(18)26(3)4)24-22(28)17-7-5-8-17/h6,9-11,14-15,17H,5,7-8,12-13,16H2,1-4H3,(H,24,28)/p+1. The van der Waals surface area contributed by atoms with Crippen LogP contribution < -0.4 is 15.1 Å². The van der Waals surface area contributed by atoms with Crippen molar-refractivity contribution < 1.29 is 18.9 Å². The Labute approximate surface area is 178 Å². The van der Waals surface area contributed by atoms with Crippen molar-refractivity contribution in [2.75, 3.05) is 51.5 Å². The van der Waals surface area contributed by atoms with E-state index in [0.29, 0.717) is 18.8 Å². The first kappa shape index (κ1) is 21.9. The van der Waals surface area contributed by atoms with Gasteiger partial charge in [0.1, 0.15) is 0 Å². The van der Waals surface area contributed by atoms with Crippen LogP contribution in [0.5, 0.6) is 0 Å². The Balaban J connectivity index is 1.83. The molecule has 1 fully saturated rings. The van der Waals surface area contributed by atoms with Gasteiger partial charge in [-0.15, -0.1) is 0 Å². The molecule has 1 aliphatic carbocycles. The fourth-order valence-corrected chi connectivity index (χ4v) is 3.51. The van der Waals surface area contributed by atoms with Gasteiger partial charge in [-0.1, -0.05) is 6.42 Å². The molecule has 7 heteroatoms. The molecular weight excluding hydrogens is 380 g/mol. The van der Waals surface area contributed by atoms with Crippen LogP contribution >= 0.6 is 0 Å². The van der Waals surface area contributed by atoms with Crippen molar-refractivity contribution >= 4 is 23.2 Å². The number of carbonyl (C=O) groups is 2. The molecule has 2 aromatic rings. The van der Waals surface area contributed by atoms with Gasteiger partial charge in [0.05, 0.1) is 33.4 Å². The summed E-state index contributed by atoms with van der Waals surface area (Å²) in [6, 6.07) is 9.33. The molecule has 0 bridgehead atoms. The molecular formula is C23H33N4O3+. The van der Waals surface area contributed by atoms with Crippen molar-refractivity contribution in [3.63, 3.8) is 0 Å². The van der Waals surface area contributed by atoms with Crippen LogP contribution in [0.1, 0.15) is 35.4 Å². The van der Waals surface area contributed by atoms with E-state index >= 15 is 0 Å². The summed E-state index contributed by atoms with van der Waals surface area (Å²) in [4.78, 5) is 30.5. The van der Waals surface area contributed by atoms with Gasteiger partial charge in [-0.2, -0.15) is 0 Å². The van der Waals surface area contributed by atoms with E-state index in [-0.39, 0.29) is 17.7 Å². The number of carbonyl (C=O) groups excluding carboxylic acids is 2. The van der Waals surface area contributed by atoms with Crippen LogP contribution in [0, 0.1) is 5.92 Å². The third-order valence-corrected chi connectivity index (χ3v) is 5.57. The van der Waals surface area contributed by atoms with E-state index in [1.54, 1.807) is 12.1 Å². The summed E-state index contributed by atoms with van der Waals surface area (Å²) in [5.74, 6) is 0.422. The number of benzene rings is 1. The summed E-state index contributed by atoms with van der Waals surface area (Å²) in [6.45, 7) is 1.86. The van der Waals surface area contributed by atoms with Gasteiger partial charge in [0.15, 0.2) is 5.76 Å². The molecule has 2 N–H and O–H groups in total. The third-order valence-electron chi connectivity index (χ3n) is 5.57. The Kier molecular flexibility index (Phi) is 7.15. The predicted octanol–water partition coefficient (Wildman–Crippen LogP) is 1.87. The lowest BCUT2D eigenvalue weighted by atomic mass is 9.85. The Morgan fingerprint density at radius 1 is 1.20 bits per heavy atom. The van der Waals surface area contributed by atoms with Gasteiger partial charge < -0.3 is 24.4 Å². The summed E-state index contributed by atoms with van der Waals surface area (Å²) < 4.78 is 5.35. The zero-order chi connectivity index (χ0) is 21.7. The highest BCUT2D eigenvalue weighted by molar-refractivity contribution is 5.93. The van der Waals surface area contributed by atoms with E-state index in [2.05, 4.69) is 19.4 Å². The number of amides is 2. The SMILES string of the molecule is CN(C)c1ccc(NC(=O)C2CCC2)cc1CN(CC[NH+](C)C)C(=O)c1ccco1. The molecule has 0 spiro atoms. The van der Waals surface area contributed by atoms with Crippen LogP contribution in [-0.4, -0.2) is 58.0 Å². The van der Waals surface area contributed by atoms with Gasteiger partial charge in [0, 0.05) is 37.9 Å². The first-order chi connectivity index (χ1) is 14.3. The zero-order valence-corrected chi connectivity index (χ0v) is 18.4. The molecule has 2 amide bonds. The van der Waals surface area contributed by atoms with Gasteiger partial charge in [0.2, 0.25) is 5.91 Å². The smallest absolute Gasteiger partial charge is 0.290 e. The van der Waals surface area contributed by atoms with Crippen LogP contribution in [-0.2, 0) is 11.3 Å². The molecule has 3 rings (SSSR count). The van der Waals surface area contributed by atoms with Crippen LogP contribution in [0.15, 0.2) is 41.0 Å². The zero-order valence-electron chi connectivity index (χ0n) is 18.4. The van der Waals surface area contributed by atoms with Gasteiger partial charge in [0.25, 0.3) is 5.91 Å². The molecule has 0 unspecified atom stereocenters. The first-order valence-electron chi connectivity index (χ1n) is 10.6. The van der Waals surface area contributed by atoms with Crippen molar-refractivity contribution in [3.8, 4) is 0 Å². The van der Waals surface area contributed by atoms with E-state index in [0.717, 1.165) is 42.7 Å². The van der Waals surface area contributed by atoms with Crippen LogP contribution in [0.2, 0.25) is 0 Å². The van der Waals surface area contributed by atoms with Crippen LogP contribution in [0.3, 0.4) is 0 Å². The van der Waals surface area contributed by atoms with Crippen molar-refractivity contribution in [2.24, 2.45) is 5.92 Å². The molecule has 0 aliphatic heterocycles. The van der Waals surface area contributed by atoms with E-state index in [1.165, 1.54) is 11.2 Å². The Bertz CT molecular complexity index is 857. The number of furan rings is 1. The van der Waals surface area contributed by atoms with Gasteiger partial charge in [-0.3, -0.25) is 9.59 Å². The first-order valence-corrected chi connectivity index (χ1v) is 10.6. The number of likely N-dealkylation sites (N-methyl/N-ethyl adjacent to an activating group) is 1. The molecule has 1 heterocycles. The fourth-order valence-electron chi connectivity index (χ4n) is 3.51. The van der Waals surface area contributed by atoms with E-state index in [9.17, 15) is 9.59 Å². The van der Waals surface area contributed by atoms with Crippen molar-refractivity contribution in [1.29, 1.82) is 0 Å². The predicted molar refractivity (Wildman–Crippen MR) is 118 cm³/mol. The van der Waals surface area contributed by atoms with Crippen molar-refractivity contribution in [2.45, 2.75) is 25.8 Å². The maximum atomic E-state index is 13.0. The summed E-state index contributed by atoms with van der Waals surface area (Å²) in [7, 11) is 8.09. The topological polar surface area (TPSA) is 70.2 Å².